The van der Waals surface area contributed by atoms with Gasteiger partial charge in [-0.05, 0) is 24.0 Å². The molecule has 0 N–H and O–H groups in total. The van der Waals surface area contributed by atoms with E-state index < -0.39 is 6.09 Å². The Morgan fingerprint density at radius 2 is 2.00 bits per heavy atom. The van der Waals surface area contributed by atoms with Crippen LogP contribution in [-0.2, 0) is 16.0 Å². The van der Waals surface area contributed by atoms with Crippen molar-refractivity contribution in [3.63, 3.8) is 0 Å². The zero-order valence-electron chi connectivity index (χ0n) is 12.1. The monoisotopic (exact) mass is 276 g/mol. The summed E-state index contributed by atoms with van der Waals surface area (Å²) in [6.45, 7) is 0.0296. The maximum atomic E-state index is 12.2. The van der Waals surface area contributed by atoms with E-state index in [1.54, 1.807) is 19.0 Å². The van der Waals surface area contributed by atoms with Gasteiger partial charge in [-0.1, -0.05) is 24.3 Å². The number of carbonyl (C=O) groups is 2. The number of benzene rings is 1. The van der Waals surface area contributed by atoms with Gasteiger partial charge in [-0.2, -0.15) is 0 Å². The van der Waals surface area contributed by atoms with Crippen LogP contribution >= 0.6 is 0 Å². The van der Waals surface area contributed by atoms with Gasteiger partial charge in [0.15, 0.2) is 0 Å². The Morgan fingerprint density at radius 1 is 1.30 bits per heavy atom. The molecular weight excluding hydrogens is 256 g/mol. The predicted molar refractivity (Wildman–Crippen MR) is 75.3 cm³/mol. The van der Waals surface area contributed by atoms with Gasteiger partial charge in [0.1, 0.15) is 6.54 Å². The molecule has 0 saturated heterocycles. The molecule has 1 atom stereocenters. The second-order valence-electron chi connectivity index (χ2n) is 5.08. The van der Waals surface area contributed by atoms with Crippen LogP contribution in [0.2, 0.25) is 0 Å². The lowest BCUT2D eigenvalue weighted by Gasteiger charge is -2.27. The minimum absolute atomic E-state index is 0.0296. The third-order valence-corrected chi connectivity index (χ3v) is 3.82. The molecule has 0 aromatic heterocycles. The molecule has 1 aliphatic rings. The van der Waals surface area contributed by atoms with E-state index in [0.29, 0.717) is 0 Å². The molecule has 0 heterocycles. The Labute approximate surface area is 119 Å². The Morgan fingerprint density at radius 3 is 2.70 bits per heavy atom. The van der Waals surface area contributed by atoms with E-state index in [0.717, 1.165) is 12.8 Å². The van der Waals surface area contributed by atoms with Gasteiger partial charge < -0.3 is 14.5 Å². The van der Waals surface area contributed by atoms with Gasteiger partial charge in [0, 0.05) is 14.1 Å². The first-order valence-electron chi connectivity index (χ1n) is 6.67. The van der Waals surface area contributed by atoms with Crippen LogP contribution in [0.15, 0.2) is 24.3 Å². The Balaban J connectivity index is 2.04. The van der Waals surface area contributed by atoms with Crippen LogP contribution in [0.25, 0.3) is 0 Å². The smallest absolute Gasteiger partial charge is 0.409 e. The maximum Gasteiger partial charge on any atom is 0.409 e. The first kappa shape index (κ1) is 14.4. The van der Waals surface area contributed by atoms with Crippen molar-refractivity contribution in [2.75, 3.05) is 27.7 Å². The molecular formula is C15H20N2O3. The number of likely N-dealkylation sites (N-methyl/N-ethyl adjacent to an activating group) is 2. The van der Waals surface area contributed by atoms with Crippen molar-refractivity contribution < 1.29 is 14.3 Å². The van der Waals surface area contributed by atoms with Crippen molar-refractivity contribution in [1.82, 2.24) is 9.80 Å². The number of carbonyl (C=O) groups excluding carboxylic acids is 2. The molecule has 0 aliphatic heterocycles. The molecule has 1 aliphatic carbocycles. The van der Waals surface area contributed by atoms with Gasteiger partial charge in [0.05, 0.1) is 13.2 Å². The highest BCUT2D eigenvalue weighted by Crippen LogP contribution is 2.34. The van der Waals surface area contributed by atoms with Crippen molar-refractivity contribution in [2.45, 2.75) is 18.9 Å². The van der Waals surface area contributed by atoms with Crippen LogP contribution < -0.4 is 0 Å². The highest BCUT2D eigenvalue weighted by molar-refractivity contribution is 5.82. The SMILES string of the molecule is COC(=O)N(C)CC(=O)N(C)C1CCc2ccccc21. The Hall–Kier alpha value is -2.04. The zero-order valence-corrected chi connectivity index (χ0v) is 12.1. The van der Waals surface area contributed by atoms with Crippen molar-refractivity contribution in [1.29, 1.82) is 0 Å². The summed E-state index contributed by atoms with van der Waals surface area (Å²) in [4.78, 5) is 26.6. The number of nitrogens with zero attached hydrogens (tertiary/aromatic N) is 2. The molecule has 5 heteroatoms. The lowest BCUT2D eigenvalue weighted by Crippen LogP contribution is -2.40. The number of rotatable bonds is 3. The molecule has 5 nitrogen and oxygen atoms in total. The zero-order chi connectivity index (χ0) is 14.7. The summed E-state index contributed by atoms with van der Waals surface area (Å²) in [6.07, 6.45) is 1.42. The van der Waals surface area contributed by atoms with Gasteiger partial charge in [-0.25, -0.2) is 4.79 Å². The van der Waals surface area contributed by atoms with Gasteiger partial charge in [-0.3, -0.25) is 4.79 Å². The van der Waals surface area contributed by atoms with Crippen molar-refractivity contribution in [3.8, 4) is 0 Å². The summed E-state index contributed by atoms with van der Waals surface area (Å²) in [5.41, 5.74) is 2.52. The fourth-order valence-corrected chi connectivity index (χ4v) is 2.65. The molecule has 0 radical (unpaired) electrons. The summed E-state index contributed by atoms with van der Waals surface area (Å²) < 4.78 is 4.59. The number of fused-ring (bicyclic) bond motifs is 1. The molecule has 1 unspecified atom stereocenters. The molecule has 2 rings (SSSR count). The fraction of sp³-hybridized carbons (Fsp3) is 0.467. The molecule has 108 valence electrons. The topological polar surface area (TPSA) is 49.9 Å². The third-order valence-electron chi connectivity index (χ3n) is 3.82. The normalized spacial score (nSPS) is 16.4. The van der Waals surface area contributed by atoms with Crippen molar-refractivity contribution in [2.24, 2.45) is 0 Å². The summed E-state index contributed by atoms with van der Waals surface area (Å²) in [5.74, 6) is -0.0837. The second kappa shape index (κ2) is 5.94. The number of aryl methyl sites for hydroxylation is 1. The lowest BCUT2D eigenvalue weighted by atomic mass is 10.1. The fourth-order valence-electron chi connectivity index (χ4n) is 2.65. The van der Waals surface area contributed by atoms with Crippen LogP contribution in [0, 0.1) is 0 Å². The van der Waals surface area contributed by atoms with Crippen LogP contribution in [-0.4, -0.2) is 49.6 Å². The van der Waals surface area contributed by atoms with Crippen molar-refractivity contribution >= 4 is 12.0 Å². The van der Waals surface area contributed by atoms with Crippen LogP contribution in [0.4, 0.5) is 4.79 Å². The minimum atomic E-state index is -0.501. The maximum absolute atomic E-state index is 12.2. The first-order valence-corrected chi connectivity index (χ1v) is 6.67. The molecule has 2 amide bonds. The average Bonchev–Trinajstić information content (AvgIpc) is 2.89. The summed E-state index contributed by atoms with van der Waals surface area (Å²) in [7, 11) is 4.65. The van der Waals surface area contributed by atoms with E-state index in [9.17, 15) is 9.59 Å². The van der Waals surface area contributed by atoms with E-state index in [1.165, 1.54) is 23.1 Å². The molecule has 0 spiro atoms. The quantitative estimate of drug-likeness (QED) is 0.846. The molecule has 0 fully saturated rings. The molecule has 1 aromatic rings. The summed E-state index contributed by atoms with van der Waals surface area (Å²) in [5, 5.41) is 0. The predicted octanol–water partition coefficient (Wildman–Crippen LogP) is 1.83. The molecule has 0 saturated carbocycles. The summed E-state index contributed by atoms with van der Waals surface area (Å²) >= 11 is 0. The van der Waals surface area contributed by atoms with E-state index in [2.05, 4.69) is 16.9 Å². The summed E-state index contributed by atoms with van der Waals surface area (Å²) in [6, 6.07) is 8.30. The number of amides is 2. The van der Waals surface area contributed by atoms with Gasteiger partial charge in [-0.15, -0.1) is 0 Å². The van der Waals surface area contributed by atoms with E-state index >= 15 is 0 Å². The van der Waals surface area contributed by atoms with E-state index in [-0.39, 0.29) is 18.5 Å². The largest absolute Gasteiger partial charge is 0.453 e. The number of hydrogen-bond donors (Lipinski definition) is 0. The minimum Gasteiger partial charge on any atom is -0.453 e. The van der Waals surface area contributed by atoms with E-state index in [1.807, 2.05) is 12.1 Å². The number of ether oxygens (including phenoxy) is 1. The van der Waals surface area contributed by atoms with Crippen molar-refractivity contribution in [3.05, 3.63) is 35.4 Å². The van der Waals surface area contributed by atoms with Crippen LogP contribution in [0.5, 0.6) is 0 Å². The molecule has 1 aromatic carbocycles. The lowest BCUT2D eigenvalue weighted by molar-refractivity contribution is -0.132. The average molecular weight is 276 g/mol. The van der Waals surface area contributed by atoms with Gasteiger partial charge in [0.25, 0.3) is 0 Å². The number of methoxy groups -OCH3 is 1. The Bertz CT molecular complexity index is 516. The van der Waals surface area contributed by atoms with Gasteiger partial charge in [0.2, 0.25) is 5.91 Å². The highest BCUT2D eigenvalue weighted by Gasteiger charge is 2.29. The van der Waals surface area contributed by atoms with E-state index in [4.69, 9.17) is 0 Å². The second-order valence-corrected chi connectivity index (χ2v) is 5.08. The molecule has 20 heavy (non-hydrogen) atoms. The van der Waals surface area contributed by atoms with Crippen LogP contribution in [0.3, 0.4) is 0 Å². The number of hydrogen-bond acceptors (Lipinski definition) is 3. The molecule has 0 bridgehead atoms. The van der Waals surface area contributed by atoms with Gasteiger partial charge >= 0.3 is 6.09 Å². The Kier molecular flexibility index (Phi) is 4.27. The van der Waals surface area contributed by atoms with Crippen LogP contribution in [0.1, 0.15) is 23.6 Å². The first-order chi connectivity index (χ1) is 9.54. The third kappa shape index (κ3) is 2.76. The highest BCUT2D eigenvalue weighted by atomic mass is 16.5. The standard InChI is InChI=1S/C15H20N2O3/c1-16(15(19)20-3)10-14(18)17(2)13-9-8-11-6-4-5-7-12(11)13/h4-7,13H,8-10H2,1-3H3.